The Balaban J connectivity index is 2.30. The van der Waals surface area contributed by atoms with Crippen LogP contribution in [0.4, 0.5) is 0 Å². The van der Waals surface area contributed by atoms with Crippen molar-refractivity contribution in [2.24, 2.45) is 0 Å². The fourth-order valence-corrected chi connectivity index (χ4v) is 2.08. The van der Waals surface area contributed by atoms with E-state index >= 15 is 0 Å². The second-order valence-corrected chi connectivity index (χ2v) is 5.17. The number of nitrogens with zero attached hydrogens (tertiary/aromatic N) is 1. The highest BCUT2D eigenvalue weighted by Crippen LogP contribution is 2.14. The van der Waals surface area contributed by atoms with Crippen molar-refractivity contribution in [3.8, 4) is 5.75 Å². The minimum Gasteiger partial charge on any atom is -0.497 e. The van der Waals surface area contributed by atoms with Gasteiger partial charge in [0.05, 0.1) is 7.11 Å². The van der Waals surface area contributed by atoms with Gasteiger partial charge in [-0.3, -0.25) is 9.59 Å². The van der Waals surface area contributed by atoms with Crippen LogP contribution < -0.4 is 4.74 Å². The summed E-state index contributed by atoms with van der Waals surface area (Å²) in [7, 11) is 5.02. The SMILES string of the molecule is COCCCN(C)C(=O)CCCC(=O)c1ccc(OC)cc1. The lowest BCUT2D eigenvalue weighted by Gasteiger charge is -2.16. The molecule has 0 aromatic heterocycles. The predicted octanol–water partition coefficient (Wildman–Crippen LogP) is 2.54. The summed E-state index contributed by atoms with van der Waals surface area (Å²) in [4.78, 5) is 25.6. The summed E-state index contributed by atoms with van der Waals surface area (Å²) >= 11 is 0. The molecule has 1 rings (SSSR count). The molecule has 0 spiro atoms. The van der Waals surface area contributed by atoms with Crippen molar-refractivity contribution in [2.75, 3.05) is 34.4 Å². The number of amides is 1. The summed E-state index contributed by atoms with van der Waals surface area (Å²) in [6.45, 7) is 1.33. The van der Waals surface area contributed by atoms with E-state index < -0.39 is 0 Å². The summed E-state index contributed by atoms with van der Waals surface area (Å²) in [6, 6.07) is 7.03. The van der Waals surface area contributed by atoms with Gasteiger partial charge in [-0.05, 0) is 37.1 Å². The molecule has 0 aliphatic carbocycles. The van der Waals surface area contributed by atoms with E-state index in [0.29, 0.717) is 38.0 Å². The van der Waals surface area contributed by atoms with Crippen molar-refractivity contribution < 1.29 is 19.1 Å². The number of hydrogen-bond donors (Lipinski definition) is 0. The first-order valence-electron chi connectivity index (χ1n) is 7.48. The molecule has 0 radical (unpaired) electrons. The van der Waals surface area contributed by atoms with Gasteiger partial charge in [-0.1, -0.05) is 0 Å². The van der Waals surface area contributed by atoms with Crippen LogP contribution in [0.3, 0.4) is 0 Å². The zero-order chi connectivity index (χ0) is 16.4. The summed E-state index contributed by atoms with van der Waals surface area (Å²) in [5, 5.41) is 0. The number of ketones is 1. The molecule has 122 valence electrons. The summed E-state index contributed by atoms with van der Waals surface area (Å²) < 4.78 is 10.0. The van der Waals surface area contributed by atoms with E-state index in [2.05, 4.69) is 0 Å². The normalized spacial score (nSPS) is 10.3. The van der Waals surface area contributed by atoms with E-state index in [9.17, 15) is 9.59 Å². The quantitative estimate of drug-likeness (QED) is 0.492. The Labute approximate surface area is 132 Å². The fraction of sp³-hybridized carbons (Fsp3) is 0.529. The largest absolute Gasteiger partial charge is 0.497 e. The first-order chi connectivity index (χ1) is 10.6. The third kappa shape index (κ3) is 6.26. The molecule has 0 saturated carbocycles. The number of rotatable bonds is 10. The van der Waals surface area contributed by atoms with Gasteiger partial charge in [0.25, 0.3) is 0 Å². The Hall–Kier alpha value is -1.88. The molecule has 0 heterocycles. The Morgan fingerprint density at radius 2 is 1.73 bits per heavy atom. The summed E-state index contributed by atoms with van der Waals surface area (Å²) in [6.07, 6.45) is 2.16. The molecule has 0 unspecified atom stereocenters. The van der Waals surface area contributed by atoms with Crippen LogP contribution in [0.5, 0.6) is 5.75 Å². The molecule has 0 fully saturated rings. The molecule has 22 heavy (non-hydrogen) atoms. The lowest BCUT2D eigenvalue weighted by Crippen LogP contribution is -2.28. The molecule has 5 nitrogen and oxygen atoms in total. The van der Waals surface area contributed by atoms with Gasteiger partial charge in [0.2, 0.25) is 5.91 Å². The number of carbonyl (C=O) groups is 2. The van der Waals surface area contributed by atoms with E-state index in [1.807, 2.05) is 0 Å². The molecule has 0 saturated heterocycles. The second-order valence-electron chi connectivity index (χ2n) is 5.17. The van der Waals surface area contributed by atoms with Gasteiger partial charge in [-0.2, -0.15) is 0 Å². The van der Waals surface area contributed by atoms with Crippen molar-refractivity contribution in [3.05, 3.63) is 29.8 Å². The third-order valence-electron chi connectivity index (χ3n) is 3.47. The Morgan fingerprint density at radius 1 is 1.05 bits per heavy atom. The number of methoxy groups -OCH3 is 2. The third-order valence-corrected chi connectivity index (χ3v) is 3.47. The summed E-state index contributed by atoms with van der Waals surface area (Å²) in [5.74, 6) is 0.848. The number of benzene rings is 1. The van der Waals surface area contributed by atoms with Gasteiger partial charge >= 0.3 is 0 Å². The topological polar surface area (TPSA) is 55.8 Å². The zero-order valence-electron chi connectivity index (χ0n) is 13.6. The van der Waals surface area contributed by atoms with Crippen LogP contribution >= 0.6 is 0 Å². The summed E-state index contributed by atoms with van der Waals surface area (Å²) in [5.41, 5.74) is 0.654. The fourth-order valence-electron chi connectivity index (χ4n) is 2.08. The van der Waals surface area contributed by atoms with Crippen LogP contribution in [-0.2, 0) is 9.53 Å². The number of carbonyl (C=O) groups excluding carboxylic acids is 2. The minimum absolute atomic E-state index is 0.0532. The van der Waals surface area contributed by atoms with E-state index in [1.165, 1.54) is 0 Å². The molecule has 0 bridgehead atoms. The average Bonchev–Trinajstić information content (AvgIpc) is 2.54. The van der Waals surface area contributed by atoms with Gasteiger partial charge in [-0.15, -0.1) is 0 Å². The molecule has 1 aromatic rings. The molecule has 1 amide bonds. The lowest BCUT2D eigenvalue weighted by atomic mass is 10.1. The molecule has 1 aromatic carbocycles. The molecule has 0 atom stereocenters. The second kappa shape index (κ2) is 9.95. The van der Waals surface area contributed by atoms with Crippen LogP contribution in [0.25, 0.3) is 0 Å². The van der Waals surface area contributed by atoms with Crippen molar-refractivity contribution in [3.63, 3.8) is 0 Å². The Morgan fingerprint density at radius 3 is 2.32 bits per heavy atom. The van der Waals surface area contributed by atoms with Crippen LogP contribution in [0.1, 0.15) is 36.0 Å². The number of hydrogen-bond acceptors (Lipinski definition) is 4. The van der Waals surface area contributed by atoms with Crippen molar-refractivity contribution >= 4 is 11.7 Å². The molecule has 0 aliphatic rings. The lowest BCUT2D eigenvalue weighted by molar-refractivity contribution is -0.130. The first kappa shape index (κ1) is 18.2. The van der Waals surface area contributed by atoms with Crippen molar-refractivity contribution in [1.29, 1.82) is 0 Å². The maximum atomic E-state index is 12.0. The van der Waals surface area contributed by atoms with Gasteiger partial charge < -0.3 is 14.4 Å². The molecule has 5 heteroatoms. The van der Waals surface area contributed by atoms with Gasteiger partial charge in [0.1, 0.15) is 5.75 Å². The van der Waals surface area contributed by atoms with E-state index in [1.54, 1.807) is 50.4 Å². The molecular weight excluding hydrogens is 282 g/mol. The van der Waals surface area contributed by atoms with E-state index in [0.717, 1.165) is 12.2 Å². The monoisotopic (exact) mass is 307 g/mol. The highest BCUT2D eigenvalue weighted by atomic mass is 16.5. The predicted molar refractivity (Wildman–Crippen MR) is 85.3 cm³/mol. The van der Waals surface area contributed by atoms with Crippen LogP contribution in [0.2, 0.25) is 0 Å². The van der Waals surface area contributed by atoms with Crippen molar-refractivity contribution in [2.45, 2.75) is 25.7 Å². The highest BCUT2D eigenvalue weighted by Gasteiger charge is 2.11. The highest BCUT2D eigenvalue weighted by molar-refractivity contribution is 5.96. The Bertz CT molecular complexity index is 470. The van der Waals surface area contributed by atoms with Crippen molar-refractivity contribution in [1.82, 2.24) is 4.90 Å². The smallest absolute Gasteiger partial charge is 0.222 e. The van der Waals surface area contributed by atoms with Gasteiger partial charge in [-0.25, -0.2) is 0 Å². The maximum Gasteiger partial charge on any atom is 0.222 e. The molecular formula is C17H25NO4. The maximum absolute atomic E-state index is 12.0. The zero-order valence-corrected chi connectivity index (χ0v) is 13.6. The van der Waals surface area contributed by atoms with Gasteiger partial charge in [0.15, 0.2) is 5.78 Å². The molecule has 0 aliphatic heterocycles. The van der Waals surface area contributed by atoms with Crippen LogP contribution in [-0.4, -0.2) is 51.0 Å². The van der Waals surface area contributed by atoms with E-state index in [4.69, 9.17) is 9.47 Å². The number of Topliss-reactive ketones (excluding diaryl/α,β-unsaturated/α-hetero) is 1. The van der Waals surface area contributed by atoms with Crippen LogP contribution in [0.15, 0.2) is 24.3 Å². The van der Waals surface area contributed by atoms with Crippen LogP contribution in [0, 0.1) is 0 Å². The standard InChI is InChI=1S/C17H25NO4/c1-18(12-5-13-21-2)17(20)7-4-6-16(19)14-8-10-15(22-3)11-9-14/h8-11H,4-7,12-13H2,1-3H3. The minimum atomic E-state index is 0.0532. The van der Waals surface area contributed by atoms with E-state index in [-0.39, 0.29) is 11.7 Å². The first-order valence-corrected chi connectivity index (χ1v) is 7.48. The number of ether oxygens (including phenoxy) is 2. The molecule has 0 N–H and O–H groups in total. The van der Waals surface area contributed by atoms with Gasteiger partial charge in [0, 0.05) is 45.7 Å². The Kier molecular flexibility index (Phi) is 8.22. The average molecular weight is 307 g/mol.